The first-order valence-corrected chi connectivity index (χ1v) is 7.34. The van der Waals surface area contributed by atoms with Gasteiger partial charge in [-0.1, -0.05) is 0 Å². The SMILES string of the molecule is Cc1ccn(CCN(C)S(C)(=O)=O)c(=O)c1C(=O)O. The lowest BCUT2D eigenvalue weighted by Crippen LogP contribution is -2.33. The van der Waals surface area contributed by atoms with Crippen molar-refractivity contribution in [2.45, 2.75) is 13.5 Å². The number of sulfonamides is 1. The molecule has 0 spiro atoms. The number of hydrogen-bond donors (Lipinski definition) is 1. The number of hydrogen-bond acceptors (Lipinski definition) is 4. The molecule has 1 N–H and O–H groups in total. The van der Waals surface area contributed by atoms with Gasteiger partial charge in [-0.15, -0.1) is 0 Å². The quantitative estimate of drug-likeness (QED) is 0.805. The van der Waals surface area contributed by atoms with E-state index in [1.165, 1.54) is 30.8 Å². The summed E-state index contributed by atoms with van der Waals surface area (Å²) in [5.74, 6) is -1.28. The number of likely N-dealkylation sites (N-methyl/N-ethyl adjacent to an activating group) is 1. The van der Waals surface area contributed by atoms with Gasteiger partial charge in [0.05, 0.1) is 6.26 Å². The first-order valence-electron chi connectivity index (χ1n) is 5.49. The normalized spacial score (nSPS) is 11.8. The van der Waals surface area contributed by atoms with E-state index in [0.717, 1.165) is 10.6 Å². The molecule has 0 unspecified atom stereocenters. The Morgan fingerprint density at radius 2 is 2.05 bits per heavy atom. The number of pyridine rings is 1. The van der Waals surface area contributed by atoms with Crippen LogP contribution in [0.2, 0.25) is 0 Å². The first kappa shape index (κ1) is 15.4. The lowest BCUT2D eigenvalue weighted by atomic mass is 10.1. The molecular formula is C11H16N2O5S. The van der Waals surface area contributed by atoms with Gasteiger partial charge in [-0.2, -0.15) is 0 Å². The summed E-state index contributed by atoms with van der Waals surface area (Å²) in [7, 11) is -1.92. The fourth-order valence-electron chi connectivity index (χ4n) is 1.52. The molecule has 106 valence electrons. The molecule has 1 heterocycles. The summed E-state index contributed by atoms with van der Waals surface area (Å²) in [4.78, 5) is 22.9. The van der Waals surface area contributed by atoms with Crippen LogP contribution in [0.1, 0.15) is 15.9 Å². The Morgan fingerprint density at radius 3 is 2.53 bits per heavy atom. The number of aromatic carboxylic acids is 1. The summed E-state index contributed by atoms with van der Waals surface area (Å²) in [5, 5.41) is 8.96. The van der Waals surface area contributed by atoms with Crippen LogP contribution >= 0.6 is 0 Å². The number of aryl methyl sites for hydroxylation is 1. The smallest absolute Gasteiger partial charge is 0.341 e. The van der Waals surface area contributed by atoms with Crippen molar-refractivity contribution in [1.29, 1.82) is 0 Å². The zero-order valence-electron chi connectivity index (χ0n) is 11.0. The van der Waals surface area contributed by atoms with E-state index in [2.05, 4.69) is 0 Å². The van der Waals surface area contributed by atoms with Crippen molar-refractivity contribution in [1.82, 2.24) is 8.87 Å². The predicted octanol–water partition coefficient (Wildman–Crippen LogP) is -0.254. The Bertz CT molecular complexity index is 648. The second kappa shape index (κ2) is 5.54. The maximum Gasteiger partial charge on any atom is 0.341 e. The molecule has 0 radical (unpaired) electrons. The molecule has 0 amide bonds. The predicted molar refractivity (Wildman–Crippen MR) is 69.9 cm³/mol. The standard InChI is InChI=1S/C11H16N2O5S/c1-8-4-5-13(10(14)9(8)11(15)16)7-6-12(2)19(3,17)18/h4-5H,6-7H2,1-3H3,(H,15,16). The molecule has 0 saturated heterocycles. The van der Waals surface area contributed by atoms with Gasteiger partial charge in [-0.3, -0.25) is 4.79 Å². The summed E-state index contributed by atoms with van der Waals surface area (Å²) in [5.41, 5.74) is -0.538. The molecule has 1 aromatic rings. The van der Waals surface area contributed by atoms with Gasteiger partial charge in [0.15, 0.2) is 0 Å². The van der Waals surface area contributed by atoms with Crippen LogP contribution < -0.4 is 5.56 Å². The van der Waals surface area contributed by atoms with Gasteiger partial charge in [0.25, 0.3) is 5.56 Å². The molecule has 7 nitrogen and oxygen atoms in total. The van der Waals surface area contributed by atoms with Crippen molar-refractivity contribution in [3.05, 3.63) is 33.7 Å². The van der Waals surface area contributed by atoms with Crippen LogP contribution in [0.4, 0.5) is 0 Å². The molecule has 19 heavy (non-hydrogen) atoms. The fourth-order valence-corrected chi connectivity index (χ4v) is 1.93. The number of carboxylic acids is 1. The Morgan fingerprint density at radius 1 is 1.47 bits per heavy atom. The molecule has 0 atom stereocenters. The van der Waals surface area contributed by atoms with Crippen molar-refractivity contribution < 1.29 is 18.3 Å². The van der Waals surface area contributed by atoms with E-state index >= 15 is 0 Å². The summed E-state index contributed by atoms with van der Waals surface area (Å²) < 4.78 is 24.7. The number of rotatable bonds is 5. The highest BCUT2D eigenvalue weighted by Gasteiger charge is 2.15. The second-order valence-electron chi connectivity index (χ2n) is 4.26. The molecule has 0 saturated carbocycles. The summed E-state index contributed by atoms with van der Waals surface area (Å²) in [6.45, 7) is 1.74. The largest absolute Gasteiger partial charge is 0.477 e. The van der Waals surface area contributed by atoms with Gasteiger partial charge in [-0.25, -0.2) is 17.5 Å². The van der Waals surface area contributed by atoms with E-state index in [9.17, 15) is 18.0 Å². The van der Waals surface area contributed by atoms with Crippen molar-refractivity contribution in [2.75, 3.05) is 19.8 Å². The lowest BCUT2D eigenvalue weighted by molar-refractivity contribution is 0.0693. The average molecular weight is 288 g/mol. The number of aromatic nitrogens is 1. The lowest BCUT2D eigenvalue weighted by Gasteiger charge is -2.15. The van der Waals surface area contributed by atoms with Gasteiger partial charge >= 0.3 is 5.97 Å². The zero-order valence-corrected chi connectivity index (χ0v) is 11.8. The minimum absolute atomic E-state index is 0.0981. The monoisotopic (exact) mass is 288 g/mol. The van der Waals surface area contributed by atoms with Crippen LogP contribution in [0, 0.1) is 6.92 Å². The Labute approximate surface area is 111 Å². The van der Waals surface area contributed by atoms with Gasteiger partial charge in [-0.05, 0) is 18.6 Å². The van der Waals surface area contributed by atoms with Gasteiger partial charge < -0.3 is 9.67 Å². The van der Waals surface area contributed by atoms with E-state index in [1.807, 2.05) is 0 Å². The number of nitrogens with zero attached hydrogens (tertiary/aromatic N) is 2. The van der Waals surface area contributed by atoms with Crippen LogP contribution in [0.3, 0.4) is 0 Å². The maximum absolute atomic E-state index is 11.9. The van der Waals surface area contributed by atoms with Crippen LogP contribution in [-0.2, 0) is 16.6 Å². The molecule has 0 fully saturated rings. The van der Waals surface area contributed by atoms with E-state index < -0.39 is 21.6 Å². The molecular weight excluding hydrogens is 272 g/mol. The molecule has 0 aliphatic rings. The van der Waals surface area contributed by atoms with Crippen molar-refractivity contribution >= 4 is 16.0 Å². The van der Waals surface area contributed by atoms with Crippen LogP contribution in [0.25, 0.3) is 0 Å². The van der Waals surface area contributed by atoms with Crippen molar-refractivity contribution in [2.24, 2.45) is 0 Å². The zero-order chi connectivity index (χ0) is 14.8. The number of carbonyl (C=O) groups is 1. The second-order valence-corrected chi connectivity index (χ2v) is 6.35. The van der Waals surface area contributed by atoms with Gasteiger partial charge in [0.2, 0.25) is 10.0 Å². The third kappa shape index (κ3) is 3.65. The third-order valence-electron chi connectivity index (χ3n) is 2.81. The van der Waals surface area contributed by atoms with Crippen LogP contribution in [0.5, 0.6) is 0 Å². The minimum atomic E-state index is -3.32. The van der Waals surface area contributed by atoms with Crippen LogP contribution in [0.15, 0.2) is 17.1 Å². The molecule has 0 aliphatic heterocycles. The Kier molecular flexibility index (Phi) is 4.48. The third-order valence-corrected chi connectivity index (χ3v) is 4.12. The fraction of sp³-hybridized carbons (Fsp3) is 0.455. The first-order chi connectivity index (χ1) is 8.64. The van der Waals surface area contributed by atoms with Crippen LogP contribution in [-0.4, -0.2) is 48.2 Å². The molecule has 1 aromatic heterocycles. The van der Waals surface area contributed by atoms with E-state index in [0.29, 0.717) is 5.56 Å². The molecule has 1 rings (SSSR count). The average Bonchev–Trinajstić information content (AvgIpc) is 2.25. The highest BCUT2D eigenvalue weighted by atomic mass is 32.2. The molecule has 0 bridgehead atoms. The molecule has 0 aliphatic carbocycles. The highest BCUT2D eigenvalue weighted by molar-refractivity contribution is 7.88. The Hall–Kier alpha value is -1.67. The van der Waals surface area contributed by atoms with Gasteiger partial charge in [0, 0.05) is 26.3 Å². The van der Waals surface area contributed by atoms with Crippen molar-refractivity contribution in [3.63, 3.8) is 0 Å². The van der Waals surface area contributed by atoms with Crippen molar-refractivity contribution in [3.8, 4) is 0 Å². The maximum atomic E-state index is 11.9. The minimum Gasteiger partial charge on any atom is -0.477 e. The van der Waals surface area contributed by atoms with Gasteiger partial charge in [0.1, 0.15) is 5.56 Å². The van der Waals surface area contributed by atoms with E-state index in [4.69, 9.17) is 5.11 Å². The highest BCUT2D eigenvalue weighted by Crippen LogP contribution is 2.02. The summed E-state index contributed by atoms with van der Waals surface area (Å²) in [6.07, 6.45) is 2.52. The van der Waals surface area contributed by atoms with E-state index in [-0.39, 0.29) is 18.7 Å². The summed E-state index contributed by atoms with van der Waals surface area (Å²) in [6, 6.07) is 1.52. The molecule has 8 heteroatoms. The summed E-state index contributed by atoms with van der Waals surface area (Å²) >= 11 is 0. The Balaban J connectivity index is 3.02. The number of carboxylic acid groups (broad SMARTS) is 1. The topological polar surface area (TPSA) is 96.7 Å². The van der Waals surface area contributed by atoms with E-state index in [1.54, 1.807) is 0 Å². The molecule has 0 aromatic carbocycles.